The smallest absolute Gasteiger partial charge is 0.140 e. The first-order valence-electron chi connectivity index (χ1n) is 6.00. The van der Waals surface area contributed by atoms with E-state index in [2.05, 4.69) is 27.4 Å². The van der Waals surface area contributed by atoms with Crippen molar-refractivity contribution in [2.24, 2.45) is 0 Å². The predicted molar refractivity (Wildman–Crippen MR) is 61.7 cm³/mol. The Labute approximate surface area is 96.5 Å². The maximum atomic E-state index is 9.32. The van der Waals surface area contributed by atoms with Crippen molar-refractivity contribution in [3.63, 3.8) is 0 Å². The van der Waals surface area contributed by atoms with E-state index in [4.69, 9.17) is 0 Å². The van der Waals surface area contributed by atoms with Crippen LogP contribution >= 0.6 is 0 Å². The third kappa shape index (κ3) is 2.10. The Kier molecular flexibility index (Phi) is 3.58. The summed E-state index contributed by atoms with van der Waals surface area (Å²) < 4.78 is 2.10. The lowest BCUT2D eigenvalue weighted by molar-refractivity contribution is 0.284. The highest BCUT2D eigenvalue weighted by atomic mass is 15.2. The third-order valence-electron chi connectivity index (χ3n) is 3.12. The van der Waals surface area contributed by atoms with E-state index >= 15 is 0 Å². The molecular weight excluding hydrogens is 200 g/mol. The molecule has 4 heteroatoms. The topological polar surface area (TPSA) is 44.9 Å². The van der Waals surface area contributed by atoms with Gasteiger partial charge in [0.15, 0.2) is 0 Å². The lowest BCUT2D eigenvalue weighted by Crippen LogP contribution is -2.26. The average Bonchev–Trinajstić information content (AvgIpc) is 2.92. The van der Waals surface area contributed by atoms with Crippen LogP contribution in [0.5, 0.6) is 0 Å². The molecule has 0 aliphatic carbocycles. The van der Waals surface area contributed by atoms with E-state index in [-0.39, 0.29) is 6.04 Å². The highest BCUT2D eigenvalue weighted by Crippen LogP contribution is 2.24. The van der Waals surface area contributed by atoms with Gasteiger partial charge in [0.2, 0.25) is 0 Å². The monoisotopic (exact) mass is 218 g/mol. The van der Waals surface area contributed by atoms with E-state index in [1.807, 2.05) is 12.5 Å². The summed E-state index contributed by atoms with van der Waals surface area (Å²) in [6.45, 7) is 5.16. The minimum atomic E-state index is -0.114. The number of likely N-dealkylation sites (tertiary alicyclic amines) is 1. The highest BCUT2D eigenvalue weighted by Gasteiger charge is 2.25. The first-order chi connectivity index (χ1) is 7.86. The van der Waals surface area contributed by atoms with Gasteiger partial charge in [0.1, 0.15) is 6.04 Å². The number of hydrogen-bond donors (Lipinski definition) is 0. The SMILES string of the molecule is CCCn1cncc1C(C#N)N1CCCC1. The average molecular weight is 218 g/mol. The fourth-order valence-corrected chi connectivity index (χ4v) is 2.32. The Morgan fingerprint density at radius 2 is 2.25 bits per heavy atom. The van der Waals surface area contributed by atoms with Crippen LogP contribution in [0, 0.1) is 11.3 Å². The molecule has 0 bridgehead atoms. The molecule has 0 N–H and O–H groups in total. The number of nitrogens with zero attached hydrogens (tertiary/aromatic N) is 4. The molecule has 0 saturated carbocycles. The quantitative estimate of drug-likeness (QED) is 0.776. The zero-order chi connectivity index (χ0) is 11.4. The van der Waals surface area contributed by atoms with Crippen LogP contribution in [-0.2, 0) is 6.54 Å². The van der Waals surface area contributed by atoms with E-state index in [9.17, 15) is 5.26 Å². The van der Waals surface area contributed by atoms with Crippen LogP contribution in [0.25, 0.3) is 0 Å². The minimum absolute atomic E-state index is 0.114. The molecule has 86 valence electrons. The molecule has 1 fully saturated rings. The van der Waals surface area contributed by atoms with Crippen LogP contribution in [0.1, 0.15) is 37.9 Å². The summed E-state index contributed by atoms with van der Waals surface area (Å²) in [5, 5.41) is 9.32. The van der Waals surface area contributed by atoms with Gasteiger partial charge in [-0.2, -0.15) is 5.26 Å². The predicted octanol–water partition coefficient (Wildman–Crippen LogP) is 1.95. The molecule has 1 aromatic heterocycles. The highest BCUT2D eigenvalue weighted by molar-refractivity contribution is 5.14. The molecule has 16 heavy (non-hydrogen) atoms. The largest absolute Gasteiger partial charge is 0.332 e. The molecule has 0 amide bonds. The molecule has 2 rings (SSSR count). The van der Waals surface area contributed by atoms with Crippen molar-refractivity contribution in [1.29, 1.82) is 5.26 Å². The van der Waals surface area contributed by atoms with Gasteiger partial charge in [-0.25, -0.2) is 4.98 Å². The Hall–Kier alpha value is -1.34. The summed E-state index contributed by atoms with van der Waals surface area (Å²) >= 11 is 0. The van der Waals surface area contributed by atoms with Gasteiger partial charge in [-0.3, -0.25) is 4.90 Å². The molecule has 0 aromatic carbocycles. The Morgan fingerprint density at radius 3 is 2.88 bits per heavy atom. The summed E-state index contributed by atoms with van der Waals surface area (Å²) in [6.07, 6.45) is 7.16. The van der Waals surface area contributed by atoms with Crippen molar-refractivity contribution < 1.29 is 0 Å². The first kappa shape index (κ1) is 11.2. The van der Waals surface area contributed by atoms with Crippen molar-refractivity contribution in [3.8, 4) is 6.07 Å². The number of hydrogen-bond acceptors (Lipinski definition) is 3. The van der Waals surface area contributed by atoms with Gasteiger partial charge in [0.05, 0.1) is 24.3 Å². The van der Waals surface area contributed by atoms with Crippen LogP contribution < -0.4 is 0 Å². The summed E-state index contributed by atoms with van der Waals surface area (Å²) in [4.78, 5) is 6.42. The fourth-order valence-electron chi connectivity index (χ4n) is 2.32. The van der Waals surface area contributed by atoms with Gasteiger partial charge in [-0.05, 0) is 32.4 Å². The van der Waals surface area contributed by atoms with E-state index in [1.165, 1.54) is 12.8 Å². The number of rotatable bonds is 4. The zero-order valence-corrected chi connectivity index (χ0v) is 9.76. The molecule has 2 heterocycles. The van der Waals surface area contributed by atoms with Crippen molar-refractivity contribution in [3.05, 3.63) is 18.2 Å². The van der Waals surface area contributed by atoms with Crippen molar-refractivity contribution in [2.75, 3.05) is 13.1 Å². The molecule has 1 unspecified atom stereocenters. The van der Waals surface area contributed by atoms with E-state index in [0.717, 1.165) is 31.7 Å². The fraction of sp³-hybridized carbons (Fsp3) is 0.667. The second-order valence-corrected chi connectivity index (χ2v) is 4.29. The summed E-state index contributed by atoms with van der Waals surface area (Å²) in [7, 11) is 0. The van der Waals surface area contributed by atoms with E-state index in [0.29, 0.717) is 0 Å². The van der Waals surface area contributed by atoms with Gasteiger partial charge >= 0.3 is 0 Å². The second kappa shape index (κ2) is 5.13. The van der Waals surface area contributed by atoms with Crippen LogP contribution in [0.3, 0.4) is 0 Å². The molecule has 1 saturated heterocycles. The van der Waals surface area contributed by atoms with Gasteiger partial charge in [-0.1, -0.05) is 6.92 Å². The maximum absolute atomic E-state index is 9.32. The molecule has 1 atom stereocenters. The van der Waals surface area contributed by atoms with Crippen LogP contribution in [0.15, 0.2) is 12.5 Å². The number of aryl methyl sites for hydroxylation is 1. The normalized spacial score (nSPS) is 18.5. The second-order valence-electron chi connectivity index (χ2n) is 4.29. The summed E-state index contributed by atoms with van der Waals surface area (Å²) in [5.41, 5.74) is 1.05. The Bertz CT molecular complexity index is 371. The van der Waals surface area contributed by atoms with Crippen molar-refractivity contribution in [1.82, 2.24) is 14.5 Å². The summed E-state index contributed by atoms with van der Waals surface area (Å²) in [6, 6.07) is 2.30. The van der Waals surface area contributed by atoms with Crippen LogP contribution in [0.4, 0.5) is 0 Å². The lowest BCUT2D eigenvalue weighted by Gasteiger charge is -2.22. The Morgan fingerprint density at radius 1 is 1.50 bits per heavy atom. The number of nitriles is 1. The van der Waals surface area contributed by atoms with E-state index in [1.54, 1.807) is 0 Å². The van der Waals surface area contributed by atoms with Gasteiger partial charge in [-0.15, -0.1) is 0 Å². The van der Waals surface area contributed by atoms with Crippen LogP contribution in [-0.4, -0.2) is 27.5 Å². The number of aromatic nitrogens is 2. The third-order valence-corrected chi connectivity index (χ3v) is 3.12. The van der Waals surface area contributed by atoms with Crippen LogP contribution in [0.2, 0.25) is 0 Å². The molecule has 1 aromatic rings. The Balaban J connectivity index is 2.19. The maximum Gasteiger partial charge on any atom is 0.140 e. The van der Waals surface area contributed by atoms with Gasteiger partial charge in [0.25, 0.3) is 0 Å². The van der Waals surface area contributed by atoms with Crippen molar-refractivity contribution in [2.45, 2.75) is 38.8 Å². The zero-order valence-electron chi connectivity index (χ0n) is 9.76. The molecular formula is C12H18N4. The standard InChI is InChI=1S/C12H18N4/c1-2-5-16-10-14-9-12(16)11(8-13)15-6-3-4-7-15/h9-11H,2-7H2,1H3. The summed E-state index contributed by atoms with van der Waals surface area (Å²) in [5.74, 6) is 0. The number of imidazole rings is 1. The lowest BCUT2D eigenvalue weighted by atomic mass is 10.2. The minimum Gasteiger partial charge on any atom is -0.332 e. The molecule has 1 aliphatic rings. The molecule has 1 aliphatic heterocycles. The van der Waals surface area contributed by atoms with Gasteiger partial charge in [0, 0.05) is 6.54 Å². The molecule has 0 spiro atoms. The van der Waals surface area contributed by atoms with E-state index < -0.39 is 0 Å². The van der Waals surface area contributed by atoms with Crippen molar-refractivity contribution >= 4 is 0 Å². The molecule has 0 radical (unpaired) electrons. The molecule has 4 nitrogen and oxygen atoms in total. The van der Waals surface area contributed by atoms with Gasteiger partial charge < -0.3 is 4.57 Å². The first-order valence-corrected chi connectivity index (χ1v) is 6.00.